The van der Waals surface area contributed by atoms with E-state index in [-0.39, 0.29) is 12.1 Å². The molecule has 0 aliphatic heterocycles. The minimum Gasteiger partial charge on any atom is -0.493 e. The molecule has 0 unspecified atom stereocenters. The quantitative estimate of drug-likeness (QED) is 0.718. The molecule has 23 heavy (non-hydrogen) atoms. The highest BCUT2D eigenvalue weighted by molar-refractivity contribution is 7.09. The summed E-state index contributed by atoms with van der Waals surface area (Å²) in [4.78, 5) is 12.5. The van der Waals surface area contributed by atoms with E-state index in [1.165, 1.54) is 16.0 Å². The summed E-state index contributed by atoms with van der Waals surface area (Å²) in [5.74, 6) is 1.60. The van der Waals surface area contributed by atoms with Crippen LogP contribution in [-0.2, 0) is 6.54 Å². The molecule has 0 spiro atoms. The predicted octanol–water partition coefficient (Wildman–Crippen LogP) is 2.53. The third-order valence-electron chi connectivity index (χ3n) is 3.60. The van der Waals surface area contributed by atoms with Gasteiger partial charge in [0.25, 0.3) is 5.56 Å². The van der Waals surface area contributed by atoms with Crippen LogP contribution in [0.3, 0.4) is 0 Å². The smallest absolute Gasteiger partial charge is 0.275 e. The molecule has 0 saturated heterocycles. The van der Waals surface area contributed by atoms with Gasteiger partial charge in [0, 0.05) is 21.7 Å². The van der Waals surface area contributed by atoms with Crippen molar-refractivity contribution in [3.05, 3.63) is 45.0 Å². The zero-order valence-electron chi connectivity index (χ0n) is 13.0. The molecule has 0 radical (unpaired) electrons. The molecule has 0 atom stereocenters. The minimum absolute atomic E-state index is 0.124. The number of ether oxygens (including phenoxy) is 3. The molecule has 0 amide bonds. The second-order valence-corrected chi connectivity index (χ2v) is 5.59. The Morgan fingerprint density at radius 2 is 1.87 bits per heavy atom. The SMILES string of the molecule is COc1ccc(Cn2ncc3cscc3c2=O)c(OC)c1OC. The van der Waals surface area contributed by atoms with Crippen LogP contribution in [0.4, 0.5) is 0 Å². The van der Waals surface area contributed by atoms with E-state index in [4.69, 9.17) is 14.2 Å². The summed E-state index contributed by atoms with van der Waals surface area (Å²) >= 11 is 1.49. The molecule has 6 nitrogen and oxygen atoms in total. The fourth-order valence-electron chi connectivity index (χ4n) is 2.47. The first-order valence-corrected chi connectivity index (χ1v) is 7.83. The summed E-state index contributed by atoms with van der Waals surface area (Å²) in [6.07, 6.45) is 1.69. The van der Waals surface area contributed by atoms with Crippen molar-refractivity contribution in [3.8, 4) is 17.2 Å². The van der Waals surface area contributed by atoms with Gasteiger partial charge in [-0.25, -0.2) is 4.68 Å². The first-order valence-electron chi connectivity index (χ1n) is 6.89. The molecule has 120 valence electrons. The first-order chi connectivity index (χ1) is 11.2. The van der Waals surface area contributed by atoms with E-state index in [1.54, 1.807) is 33.6 Å². The van der Waals surface area contributed by atoms with Crippen LogP contribution < -0.4 is 19.8 Å². The van der Waals surface area contributed by atoms with Gasteiger partial charge >= 0.3 is 0 Å². The molecule has 0 saturated carbocycles. The maximum absolute atomic E-state index is 12.5. The fourth-order valence-corrected chi connectivity index (χ4v) is 3.24. The number of benzene rings is 1. The monoisotopic (exact) mass is 332 g/mol. The van der Waals surface area contributed by atoms with E-state index >= 15 is 0 Å². The Morgan fingerprint density at radius 3 is 2.57 bits per heavy atom. The van der Waals surface area contributed by atoms with Crippen molar-refractivity contribution in [1.29, 1.82) is 0 Å². The van der Waals surface area contributed by atoms with Crippen LogP contribution in [0.2, 0.25) is 0 Å². The molecule has 3 rings (SSSR count). The number of rotatable bonds is 5. The number of thiophene rings is 1. The largest absolute Gasteiger partial charge is 0.493 e. The van der Waals surface area contributed by atoms with Gasteiger partial charge in [0.1, 0.15) is 0 Å². The maximum Gasteiger partial charge on any atom is 0.275 e. The first kappa shape index (κ1) is 15.4. The molecule has 3 aromatic rings. The standard InChI is InChI=1S/C16H16N2O4S/c1-20-13-5-4-10(14(21-2)15(13)22-3)7-18-16(19)12-9-23-8-11(12)6-17-18/h4-6,8-9H,7H2,1-3H3. The molecule has 2 heterocycles. The second-order valence-electron chi connectivity index (χ2n) is 4.84. The average molecular weight is 332 g/mol. The molecule has 2 aromatic heterocycles. The third-order valence-corrected chi connectivity index (χ3v) is 4.36. The molecule has 0 aliphatic carbocycles. The average Bonchev–Trinajstić information content (AvgIpc) is 3.06. The van der Waals surface area contributed by atoms with Crippen LogP contribution in [-0.4, -0.2) is 31.1 Å². The Bertz CT molecular complexity index is 901. The van der Waals surface area contributed by atoms with Crippen molar-refractivity contribution >= 4 is 22.1 Å². The Morgan fingerprint density at radius 1 is 1.09 bits per heavy atom. The summed E-state index contributed by atoms with van der Waals surface area (Å²) in [6, 6.07) is 3.62. The van der Waals surface area contributed by atoms with Crippen molar-refractivity contribution in [1.82, 2.24) is 9.78 Å². The molecule has 7 heteroatoms. The number of aromatic nitrogens is 2. The summed E-state index contributed by atoms with van der Waals surface area (Å²) in [7, 11) is 4.67. The Hall–Kier alpha value is -2.54. The number of nitrogens with zero attached hydrogens (tertiary/aromatic N) is 2. The van der Waals surface area contributed by atoms with E-state index in [0.29, 0.717) is 22.6 Å². The molecule has 0 bridgehead atoms. The molecule has 1 aromatic carbocycles. The van der Waals surface area contributed by atoms with Crippen molar-refractivity contribution in [2.75, 3.05) is 21.3 Å². The van der Waals surface area contributed by atoms with Gasteiger partial charge in [-0.1, -0.05) is 0 Å². The summed E-state index contributed by atoms with van der Waals surface area (Å²) in [6.45, 7) is 0.286. The van der Waals surface area contributed by atoms with Gasteiger partial charge in [-0.2, -0.15) is 16.4 Å². The van der Waals surface area contributed by atoms with Gasteiger partial charge in [0.15, 0.2) is 11.5 Å². The number of methoxy groups -OCH3 is 3. The summed E-state index contributed by atoms with van der Waals surface area (Å²) in [5.41, 5.74) is 0.662. The van der Waals surface area contributed by atoms with E-state index < -0.39 is 0 Å². The summed E-state index contributed by atoms with van der Waals surface area (Å²) in [5, 5.41) is 9.50. The highest BCUT2D eigenvalue weighted by atomic mass is 32.1. The highest BCUT2D eigenvalue weighted by Gasteiger charge is 2.17. The van der Waals surface area contributed by atoms with E-state index in [0.717, 1.165) is 10.9 Å². The Balaban J connectivity index is 2.08. The van der Waals surface area contributed by atoms with Crippen molar-refractivity contribution in [3.63, 3.8) is 0 Å². The lowest BCUT2D eigenvalue weighted by atomic mass is 10.1. The maximum atomic E-state index is 12.5. The van der Waals surface area contributed by atoms with Crippen molar-refractivity contribution in [2.45, 2.75) is 6.54 Å². The topological polar surface area (TPSA) is 62.6 Å². The van der Waals surface area contributed by atoms with Crippen LogP contribution in [0.1, 0.15) is 5.56 Å². The lowest BCUT2D eigenvalue weighted by Gasteiger charge is -2.16. The molecule has 0 N–H and O–H groups in total. The fraction of sp³-hybridized carbons (Fsp3) is 0.250. The molecular weight excluding hydrogens is 316 g/mol. The minimum atomic E-state index is -0.124. The van der Waals surface area contributed by atoms with Gasteiger partial charge in [0.05, 0.1) is 39.5 Å². The normalized spacial score (nSPS) is 10.7. The molecule has 0 aliphatic rings. The zero-order valence-corrected chi connectivity index (χ0v) is 13.8. The lowest BCUT2D eigenvalue weighted by molar-refractivity contribution is 0.321. The van der Waals surface area contributed by atoms with Crippen LogP contribution in [0.25, 0.3) is 10.8 Å². The van der Waals surface area contributed by atoms with Gasteiger partial charge < -0.3 is 14.2 Å². The number of hydrogen-bond donors (Lipinski definition) is 0. The van der Waals surface area contributed by atoms with Gasteiger partial charge in [-0.3, -0.25) is 4.79 Å². The Kier molecular flexibility index (Phi) is 4.20. The van der Waals surface area contributed by atoms with E-state index in [2.05, 4.69) is 5.10 Å². The lowest BCUT2D eigenvalue weighted by Crippen LogP contribution is -2.23. The second kappa shape index (κ2) is 6.29. The van der Waals surface area contributed by atoms with Crippen LogP contribution in [0.5, 0.6) is 17.2 Å². The van der Waals surface area contributed by atoms with Crippen LogP contribution in [0, 0.1) is 0 Å². The Labute approximate surface area is 136 Å². The third kappa shape index (κ3) is 2.63. The number of fused-ring (bicyclic) bond motifs is 1. The van der Waals surface area contributed by atoms with E-state index in [1.807, 2.05) is 16.8 Å². The van der Waals surface area contributed by atoms with Gasteiger partial charge in [-0.05, 0) is 12.1 Å². The van der Waals surface area contributed by atoms with E-state index in [9.17, 15) is 4.79 Å². The van der Waals surface area contributed by atoms with Gasteiger partial charge in [-0.15, -0.1) is 0 Å². The molecular formula is C16H16N2O4S. The van der Waals surface area contributed by atoms with Gasteiger partial charge in [0.2, 0.25) is 5.75 Å². The zero-order chi connectivity index (χ0) is 16.4. The van der Waals surface area contributed by atoms with Crippen molar-refractivity contribution < 1.29 is 14.2 Å². The van der Waals surface area contributed by atoms with Crippen LogP contribution in [0.15, 0.2) is 33.9 Å². The highest BCUT2D eigenvalue weighted by Crippen LogP contribution is 2.39. The number of hydrogen-bond acceptors (Lipinski definition) is 6. The van der Waals surface area contributed by atoms with Crippen molar-refractivity contribution in [2.24, 2.45) is 0 Å². The molecule has 0 fully saturated rings. The van der Waals surface area contributed by atoms with Crippen LogP contribution >= 0.6 is 11.3 Å². The predicted molar refractivity (Wildman–Crippen MR) is 89.1 cm³/mol. The summed E-state index contributed by atoms with van der Waals surface area (Å²) < 4.78 is 17.5.